The van der Waals surface area contributed by atoms with Crippen molar-refractivity contribution in [2.45, 2.75) is 19.8 Å². The van der Waals surface area contributed by atoms with Gasteiger partial charge in [0.2, 0.25) is 5.91 Å². The van der Waals surface area contributed by atoms with Crippen LogP contribution in [0.3, 0.4) is 0 Å². The molecule has 0 saturated carbocycles. The first-order valence-corrected chi connectivity index (χ1v) is 12.3. The molecule has 5 heterocycles. The van der Waals surface area contributed by atoms with E-state index in [0.717, 1.165) is 56.3 Å². The Kier molecular flexibility index (Phi) is 5.35. The molecule has 6 rings (SSSR count). The minimum Gasteiger partial charge on any atom is -0.352 e. The molecule has 8 heteroatoms. The molecule has 0 atom stereocenters. The smallest absolute Gasteiger partial charge is 0.224 e. The van der Waals surface area contributed by atoms with Crippen molar-refractivity contribution in [3.05, 3.63) is 72.6 Å². The number of aromatic amines is 2. The van der Waals surface area contributed by atoms with Gasteiger partial charge in [-0.3, -0.25) is 19.9 Å². The molecule has 0 spiro atoms. The van der Waals surface area contributed by atoms with Crippen LogP contribution in [0.2, 0.25) is 0 Å². The van der Waals surface area contributed by atoms with Gasteiger partial charge in [-0.2, -0.15) is 5.10 Å². The van der Waals surface area contributed by atoms with Crippen LogP contribution in [-0.4, -0.2) is 31.1 Å². The molecular formula is C27H22N6OS. The van der Waals surface area contributed by atoms with E-state index >= 15 is 0 Å². The number of hydrogen-bond donors (Lipinski definition) is 3. The zero-order valence-electron chi connectivity index (χ0n) is 19.0. The van der Waals surface area contributed by atoms with Gasteiger partial charge in [0.15, 0.2) is 0 Å². The molecule has 3 N–H and O–H groups in total. The monoisotopic (exact) mass is 478 g/mol. The van der Waals surface area contributed by atoms with E-state index in [9.17, 15) is 4.79 Å². The molecule has 1 amide bonds. The van der Waals surface area contributed by atoms with Gasteiger partial charge in [-0.05, 0) is 47.7 Å². The summed E-state index contributed by atoms with van der Waals surface area (Å²) in [6.07, 6.45) is 8.52. The maximum Gasteiger partial charge on any atom is 0.224 e. The van der Waals surface area contributed by atoms with E-state index in [2.05, 4.69) is 54.0 Å². The van der Waals surface area contributed by atoms with E-state index in [0.29, 0.717) is 12.1 Å². The van der Waals surface area contributed by atoms with Crippen molar-refractivity contribution < 1.29 is 4.79 Å². The molecule has 7 nitrogen and oxygen atoms in total. The Morgan fingerprint density at radius 3 is 2.74 bits per heavy atom. The minimum absolute atomic E-state index is 0.00533. The molecule has 0 fully saturated rings. The first kappa shape index (κ1) is 21.2. The molecule has 0 radical (unpaired) electrons. The lowest BCUT2D eigenvalue weighted by molar-refractivity contribution is -0.116. The topological polar surface area (TPSA) is 99.3 Å². The van der Waals surface area contributed by atoms with Crippen LogP contribution < -0.4 is 5.32 Å². The Hall–Kier alpha value is -4.30. The fourth-order valence-electron chi connectivity index (χ4n) is 4.32. The minimum atomic E-state index is -0.00533. The van der Waals surface area contributed by atoms with E-state index < -0.39 is 0 Å². The Bertz CT molecular complexity index is 1660. The third kappa shape index (κ3) is 3.98. The van der Waals surface area contributed by atoms with Crippen LogP contribution in [0.4, 0.5) is 5.69 Å². The van der Waals surface area contributed by atoms with Crippen LogP contribution in [-0.2, 0) is 4.79 Å². The normalized spacial score (nSPS) is 11.3. The highest BCUT2D eigenvalue weighted by Crippen LogP contribution is 2.36. The van der Waals surface area contributed by atoms with Gasteiger partial charge in [-0.15, -0.1) is 11.3 Å². The highest BCUT2D eigenvalue weighted by Gasteiger charge is 2.15. The van der Waals surface area contributed by atoms with Crippen molar-refractivity contribution >= 4 is 44.7 Å². The molecule has 6 aromatic rings. The maximum absolute atomic E-state index is 12.0. The molecule has 172 valence electrons. The fourth-order valence-corrected chi connectivity index (χ4v) is 5.07. The van der Waals surface area contributed by atoms with Gasteiger partial charge < -0.3 is 10.3 Å². The number of carbonyl (C=O) groups excluding carboxylic acids is 1. The third-order valence-corrected chi connectivity index (χ3v) is 6.89. The number of rotatable bonds is 6. The summed E-state index contributed by atoms with van der Waals surface area (Å²) in [7, 11) is 0. The molecule has 0 aliphatic heterocycles. The van der Waals surface area contributed by atoms with Crippen LogP contribution in [0, 0.1) is 0 Å². The second kappa shape index (κ2) is 8.81. The highest BCUT2D eigenvalue weighted by atomic mass is 32.1. The number of thiophene rings is 1. The summed E-state index contributed by atoms with van der Waals surface area (Å²) < 4.78 is 0. The lowest BCUT2D eigenvalue weighted by Crippen LogP contribution is -2.10. The number of fused-ring (bicyclic) bond motifs is 2. The summed E-state index contributed by atoms with van der Waals surface area (Å²) >= 11 is 1.70. The Balaban J connectivity index is 1.40. The summed E-state index contributed by atoms with van der Waals surface area (Å²) in [5.41, 5.74) is 7.40. The van der Waals surface area contributed by atoms with Gasteiger partial charge in [-0.25, -0.2) is 0 Å². The second-order valence-corrected chi connectivity index (χ2v) is 9.35. The summed E-state index contributed by atoms with van der Waals surface area (Å²) in [5, 5.41) is 14.9. The third-order valence-electron chi connectivity index (χ3n) is 5.98. The number of benzene rings is 1. The van der Waals surface area contributed by atoms with Crippen molar-refractivity contribution in [2.24, 2.45) is 0 Å². The van der Waals surface area contributed by atoms with Crippen LogP contribution >= 0.6 is 11.3 Å². The fraction of sp³-hybridized carbons (Fsp3) is 0.111. The molecule has 1 aromatic carbocycles. The summed E-state index contributed by atoms with van der Waals surface area (Å²) in [6, 6.07) is 14.4. The van der Waals surface area contributed by atoms with E-state index in [4.69, 9.17) is 0 Å². The van der Waals surface area contributed by atoms with Crippen LogP contribution in [0.5, 0.6) is 0 Å². The number of aromatic nitrogens is 5. The predicted molar refractivity (Wildman–Crippen MR) is 141 cm³/mol. The first-order valence-electron chi connectivity index (χ1n) is 11.4. The number of amides is 1. The van der Waals surface area contributed by atoms with Crippen molar-refractivity contribution in [1.29, 1.82) is 0 Å². The summed E-state index contributed by atoms with van der Waals surface area (Å²) in [6.45, 7) is 1.98. The molecule has 0 unspecified atom stereocenters. The van der Waals surface area contributed by atoms with Crippen LogP contribution in [0.1, 0.15) is 19.8 Å². The van der Waals surface area contributed by atoms with Gasteiger partial charge >= 0.3 is 0 Å². The molecular weight excluding hydrogens is 456 g/mol. The molecule has 0 bridgehead atoms. The largest absolute Gasteiger partial charge is 0.352 e. The van der Waals surface area contributed by atoms with Gasteiger partial charge in [0.25, 0.3) is 0 Å². The number of nitrogens with zero attached hydrogens (tertiary/aromatic N) is 3. The quantitative estimate of drug-likeness (QED) is 0.250. The SMILES string of the molecule is CCCC(=O)Nc1cncc(-c2ccc3[nH]nc(-c4cc5c(-c6cccs6)cncc5[nH]4)c3c2)c1. The van der Waals surface area contributed by atoms with E-state index in [1.807, 2.05) is 43.6 Å². The molecule has 0 aliphatic rings. The molecule has 0 saturated heterocycles. The van der Waals surface area contributed by atoms with Crippen LogP contribution in [0.15, 0.2) is 72.6 Å². The first-order chi connectivity index (χ1) is 17.2. The van der Waals surface area contributed by atoms with Crippen molar-refractivity contribution in [3.8, 4) is 33.0 Å². The zero-order valence-corrected chi connectivity index (χ0v) is 19.8. The Morgan fingerprint density at radius 1 is 0.971 bits per heavy atom. The standard InChI is InChI=1S/C27H22N6OS/c1-2-4-26(34)30-18-9-17(12-28-13-18)16-6-7-22-20(10-16)27(33-32-22)23-11-19-21(25-5-3-8-35-25)14-29-15-24(19)31-23/h3,5-15,31H,2,4H2,1H3,(H,30,34)(H,32,33). The van der Waals surface area contributed by atoms with Gasteiger partial charge in [-0.1, -0.05) is 19.1 Å². The van der Waals surface area contributed by atoms with E-state index in [-0.39, 0.29) is 5.91 Å². The van der Waals surface area contributed by atoms with Gasteiger partial charge in [0.1, 0.15) is 5.69 Å². The lowest BCUT2D eigenvalue weighted by atomic mass is 10.0. The van der Waals surface area contributed by atoms with Crippen molar-refractivity contribution in [3.63, 3.8) is 0 Å². The summed E-state index contributed by atoms with van der Waals surface area (Å²) in [5.74, 6) is -0.00533. The molecule has 0 aliphatic carbocycles. The number of H-pyrrole nitrogens is 2. The average molecular weight is 479 g/mol. The van der Waals surface area contributed by atoms with Gasteiger partial charge in [0.05, 0.1) is 34.8 Å². The van der Waals surface area contributed by atoms with Crippen LogP contribution in [0.25, 0.3) is 54.8 Å². The molecule has 35 heavy (non-hydrogen) atoms. The zero-order chi connectivity index (χ0) is 23.8. The molecule has 5 aromatic heterocycles. The van der Waals surface area contributed by atoms with Crippen molar-refractivity contribution in [2.75, 3.05) is 5.32 Å². The number of hydrogen-bond acceptors (Lipinski definition) is 5. The predicted octanol–water partition coefficient (Wildman–Crippen LogP) is 6.64. The van der Waals surface area contributed by atoms with Gasteiger partial charge in [0, 0.05) is 45.6 Å². The van der Waals surface area contributed by atoms with Crippen molar-refractivity contribution in [1.82, 2.24) is 25.1 Å². The number of carbonyl (C=O) groups is 1. The average Bonchev–Trinajstić information content (AvgIpc) is 3.63. The Labute approximate surface area is 205 Å². The number of nitrogens with one attached hydrogen (secondary N) is 3. The Morgan fingerprint density at radius 2 is 1.89 bits per heavy atom. The summed E-state index contributed by atoms with van der Waals surface area (Å²) in [4.78, 5) is 25.5. The lowest BCUT2D eigenvalue weighted by Gasteiger charge is -2.07. The van der Waals surface area contributed by atoms with E-state index in [1.165, 1.54) is 4.88 Å². The highest BCUT2D eigenvalue weighted by molar-refractivity contribution is 7.13. The second-order valence-electron chi connectivity index (χ2n) is 8.40. The maximum atomic E-state index is 12.0. The number of anilines is 1. The number of pyridine rings is 2. The van der Waals surface area contributed by atoms with E-state index in [1.54, 1.807) is 23.7 Å².